The lowest BCUT2D eigenvalue weighted by molar-refractivity contribution is 0.00920. The molecule has 0 saturated heterocycles. The van der Waals surface area contributed by atoms with Crippen LogP contribution in [-0.4, -0.2) is 79.3 Å². The second kappa shape index (κ2) is 13.2. The summed E-state index contributed by atoms with van der Waals surface area (Å²) in [6.45, 7) is 9.18. The number of carbonyl (C=O) groups is 2. The quantitative estimate of drug-likeness (QED) is 0.633. The van der Waals surface area contributed by atoms with Gasteiger partial charge < -0.3 is 25.0 Å². The number of aromatic nitrogens is 1. The SMILES string of the molecule is CCCNC(=O)Nc1ccc2c(c1)C(=O)N(C)C[C@H](OC)[C@H](C)CN(Cc1cccnc1)[C@@H](C)CO2. The Morgan fingerprint density at radius 1 is 1.25 bits per heavy atom. The second-order valence-corrected chi connectivity index (χ2v) is 9.48. The number of likely N-dealkylation sites (N-methyl/N-ethyl adjacent to an activating group) is 1. The van der Waals surface area contributed by atoms with E-state index in [0.29, 0.717) is 36.7 Å². The summed E-state index contributed by atoms with van der Waals surface area (Å²) in [4.78, 5) is 33.9. The molecule has 36 heavy (non-hydrogen) atoms. The van der Waals surface area contributed by atoms with Crippen molar-refractivity contribution >= 4 is 17.6 Å². The fourth-order valence-corrected chi connectivity index (χ4v) is 4.29. The molecule has 0 spiro atoms. The number of nitrogens with one attached hydrogen (secondary N) is 2. The van der Waals surface area contributed by atoms with Crippen molar-refractivity contribution in [3.8, 4) is 5.75 Å². The van der Waals surface area contributed by atoms with Gasteiger partial charge in [0.05, 0.1) is 11.7 Å². The summed E-state index contributed by atoms with van der Waals surface area (Å²) < 4.78 is 12.0. The topological polar surface area (TPSA) is 96.0 Å². The normalized spacial score (nSPS) is 21.5. The third kappa shape index (κ3) is 7.41. The minimum atomic E-state index is -0.306. The number of urea groups is 1. The highest BCUT2D eigenvalue weighted by atomic mass is 16.5. The number of ether oxygens (including phenoxy) is 2. The lowest BCUT2D eigenvalue weighted by Crippen LogP contribution is -2.46. The molecule has 3 amide bonds. The Bertz CT molecular complexity index is 1000. The summed E-state index contributed by atoms with van der Waals surface area (Å²) in [5, 5.41) is 5.59. The Morgan fingerprint density at radius 3 is 2.75 bits per heavy atom. The van der Waals surface area contributed by atoms with Crippen LogP contribution in [0.1, 0.15) is 43.1 Å². The van der Waals surface area contributed by atoms with Gasteiger partial charge in [-0.25, -0.2) is 4.79 Å². The maximum Gasteiger partial charge on any atom is 0.319 e. The standard InChI is InChI=1S/C27H39N5O4/c1-6-11-29-27(34)30-22-9-10-24-23(13-22)26(33)31(4)17-25(35-5)19(2)15-32(20(3)18-36-24)16-21-8-7-12-28-14-21/h7-10,12-14,19-20,25H,6,11,15-18H2,1-5H3,(H2,29,30,34)/t19-,20+,25+/m1/s1. The highest BCUT2D eigenvalue weighted by Crippen LogP contribution is 2.26. The first-order chi connectivity index (χ1) is 17.3. The number of rotatable bonds is 6. The maximum absolute atomic E-state index is 13.5. The molecule has 1 aliphatic heterocycles. The van der Waals surface area contributed by atoms with Gasteiger partial charge in [0.2, 0.25) is 0 Å². The van der Waals surface area contributed by atoms with E-state index in [1.54, 1.807) is 43.5 Å². The van der Waals surface area contributed by atoms with Gasteiger partial charge in [0.25, 0.3) is 5.91 Å². The summed E-state index contributed by atoms with van der Waals surface area (Å²) in [6.07, 6.45) is 4.35. The molecule has 1 aliphatic rings. The second-order valence-electron chi connectivity index (χ2n) is 9.48. The zero-order chi connectivity index (χ0) is 26.1. The number of hydrogen-bond acceptors (Lipinski definition) is 6. The Morgan fingerprint density at radius 2 is 2.06 bits per heavy atom. The fraction of sp³-hybridized carbons (Fsp3) is 0.519. The maximum atomic E-state index is 13.5. The minimum absolute atomic E-state index is 0.0721. The van der Waals surface area contributed by atoms with Gasteiger partial charge in [-0.15, -0.1) is 0 Å². The Balaban J connectivity index is 1.89. The van der Waals surface area contributed by atoms with Crippen LogP contribution in [0.15, 0.2) is 42.7 Å². The number of nitrogens with zero attached hydrogens (tertiary/aromatic N) is 3. The van der Waals surface area contributed by atoms with Crippen molar-refractivity contribution in [1.29, 1.82) is 0 Å². The molecule has 0 unspecified atom stereocenters. The van der Waals surface area contributed by atoms with Gasteiger partial charge in [-0.05, 0) is 49.1 Å². The third-order valence-electron chi connectivity index (χ3n) is 6.48. The number of carbonyl (C=O) groups excluding carboxylic acids is 2. The molecule has 2 N–H and O–H groups in total. The van der Waals surface area contributed by atoms with Crippen molar-refractivity contribution < 1.29 is 19.1 Å². The van der Waals surface area contributed by atoms with E-state index in [4.69, 9.17) is 9.47 Å². The zero-order valence-corrected chi connectivity index (χ0v) is 22.0. The van der Waals surface area contributed by atoms with Crippen molar-refractivity contribution in [2.24, 2.45) is 5.92 Å². The third-order valence-corrected chi connectivity index (χ3v) is 6.48. The molecule has 196 valence electrons. The molecule has 0 saturated carbocycles. The molecule has 1 aromatic carbocycles. The van der Waals surface area contributed by atoms with Crippen molar-refractivity contribution in [3.05, 3.63) is 53.9 Å². The number of fused-ring (bicyclic) bond motifs is 1. The van der Waals surface area contributed by atoms with Crippen LogP contribution in [0, 0.1) is 5.92 Å². The van der Waals surface area contributed by atoms with Crippen LogP contribution in [0.25, 0.3) is 0 Å². The molecule has 2 heterocycles. The van der Waals surface area contributed by atoms with Gasteiger partial charge in [0, 0.05) is 64.5 Å². The lowest BCUT2D eigenvalue weighted by atomic mass is 10.0. The summed E-state index contributed by atoms with van der Waals surface area (Å²) in [6, 6.07) is 8.96. The Labute approximate surface area is 214 Å². The highest BCUT2D eigenvalue weighted by molar-refractivity contribution is 5.99. The summed E-state index contributed by atoms with van der Waals surface area (Å²) in [5.41, 5.74) is 2.06. The fourth-order valence-electron chi connectivity index (χ4n) is 4.29. The van der Waals surface area contributed by atoms with Crippen LogP contribution >= 0.6 is 0 Å². The molecular formula is C27H39N5O4. The van der Waals surface area contributed by atoms with Gasteiger partial charge in [0.15, 0.2) is 0 Å². The molecule has 2 aromatic rings. The van der Waals surface area contributed by atoms with E-state index in [-0.39, 0.29) is 30.0 Å². The van der Waals surface area contributed by atoms with Gasteiger partial charge >= 0.3 is 6.03 Å². The number of hydrogen-bond donors (Lipinski definition) is 2. The average molecular weight is 498 g/mol. The molecule has 0 aliphatic carbocycles. The van der Waals surface area contributed by atoms with E-state index in [1.165, 1.54) is 0 Å². The van der Waals surface area contributed by atoms with E-state index >= 15 is 0 Å². The number of pyridine rings is 1. The predicted octanol–water partition coefficient (Wildman–Crippen LogP) is 3.62. The first kappa shape index (κ1) is 27.4. The number of methoxy groups -OCH3 is 1. The summed E-state index contributed by atoms with van der Waals surface area (Å²) >= 11 is 0. The molecule has 3 rings (SSSR count). The number of anilines is 1. The zero-order valence-electron chi connectivity index (χ0n) is 22.0. The lowest BCUT2D eigenvalue weighted by Gasteiger charge is -2.36. The van der Waals surface area contributed by atoms with Crippen LogP contribution in [0.3, 0.4) is 0 Å². The van der Waals surface area contributed by atoms with Crippen molar-refractivity contribution in [2.45, 2.75) is 45.9 Å². The van der Waals surface area contributed by atoms with Crippen LogP contribution in [0.5, 0.6) is 5.75 Å². The molecule has 0 bridgehead atoms. The van der Waals surface area contributed by atoms with Crippen LogP contribution < -0.4 is 15.4 Å². The molecule has 0 fully saturated rings. The monoisotopic (exact) mass is 497 g/mol. The molecule has 3 atom stereocenters. The molecule has 9 nitrogen and oxygen atoms in total. The molecule has 9 heteroatoms. The van der Waals surface area contributed by atoms with Crippen molar-refractivity contribution in [2.75, 3.05) is 45.7 Å². The van der Waals surface area contributed by atoms with E-state index in [0.717, 1.165) is 25.1 Å². The molecule has 1 aromatic heterocycles. The van der Waals surface area contributed by atoms with Crippen LogP contribution in [-0.2, 0) is 11.3 Å². The first-order valence-electron chi connectivity index (χ1n) is 12.5. The van der Waals surface area contributed by atoms with E-state index < -0.39 is 0 Å². The molecular weight excluding hydrogens is 458 g/mol. The van der Waals surface area contributed by atoms with Gasteiger partial charge in [0.1, 0.15) is 12.4 Å². The highest BCUT2D eigenvalue weighted by Gasteiger charge is 2.28. The van der Waals surface area contributed by atoms with Gasteiger partial charge in [-0.1, -0.05) is 19.9 Å². The smallest absolute Gasteiger partial charge is 0.319 e. The van der Waals surface area contributed by atoms with Crippen LogP contribution in [0.4, 0.5) is 10.5 Å². The number of amides is 3. The number of benzene rings is 1. The molecule has 0 radical (unpaired) electrons. The summed E-state index contributed by atoms with van der Waals surface area (Å²) in [5.74, 6) is 0.470. The Kier molecular flexibility index (Phi) is 10.1. The largest absolute Gasteiger partial charge is 0.491 e. The Hall–Kier alpha value is -3.17. The van der Waals surface area contributed by atoms with Crippen molar-refractivity contribution in [1.82, 2.24) is 20.1 Å². The van der Waals surface area contributed by atoms with E-state index in [1.807, 2.05) is 19.2 Å². The van der Waals surface area contributed by atoms with Crippen LogP contribution in [0.2, 0.25) is 0 Å². The minimum Gasteiger partial charge on any atom is -0.491 e. The van der Waals surface area contributed by atoms with E-state index in [2.05, 4.69) is 40.4 Å². The van der Waals surface area contributed by atoms with Crippen molar-refractivity contribution in [3.63, 3.8) is 0 Å². The first-order valence-corrected chi connectivity index (χ1v) is 12.5. The van der Waals surface area contributed by atoms with Gasteiger partial charge in [-0.3, -0.25) is 14.7 Å². The van der Waals surface area contributed by atoms with E-state index in [9.17, 15) is 9.59 Å². The average Bonchev–Trinajstić information content (AvgIpc) is 2.88. The van der Waals surface area contributed by atoms with Gasteiger partial charge in [-0.2, -0.15) is 0 Å². The predicted molar refractivity (Wildman–Crippen MR) is 140 cm³/mol. The summed E-state index contributed by atoms with van der Waals surface area (Å²) in [7, 11) is 3.45.